The first-order chi connectivity index (χ1) is 9.41. The summed E-state index contributed by atoms with van der Waals surface area (Å²) in [5.41, 5.74) is 5.79. The van der Waals surface area contributed by atoms with Crippen molar-refractivity contribution in [1.29, 1.82) is 0 Å². The van der Waals surface area contributed by atoms with E-state index in [1.165, 1.54) is 11.3 Å². The lowest BCUT2D eigenvalue weighted by Gasteiger charge is -2.23. The third kappa shape index (κ3) is 3.02. The number of nitrogens with two attached hydrogens (primary N) is 1. The molecular formula is C14H18N4OS. The summed E-state index contributed by atoms with van der Waals surface area (Å²) in [6.07, 6.45) is 0. The summed E-state index contributed by atoms with van der Waals surface area (Å²) >= 11 is 1.37. The molecule has 5 nitrogen and oxygen atoms in total. The van der Waals surface area contributed by atoms with E-state index >= 15 is 0 Å². The van der Waals surface area contributed by atoms with Crippen molar-refractivity contribution in [3.05, 3.63) is 40.9 Å². The third-order valence-corrected chi connectivity index (χ3v) is 4.14. The molecule has 3 N–H and O–H groups in total. The second-order valence-electron chi connectivity index (χ2n) is 5.12. The Morgan fingerprint density at radius 3 is 2.50 bits per heavy atom. The predicted molar refractivity (Wildman–Crippen MR) is 80.6 cm³/mol. The van der Waals surface area contributed by atoms with E-state index in [0.29, 0.717) is 5.13 Å². The van der Waals surface area contributed by atoms with Crippen LogP contribution in [0.25, 0.3) is 0 Å². The van der Waals surface area contributed by atoms with Gasteiger partial charge in [-0.25, -0.2) is 0 Å². The maximum absolute atomic E-state index is 12.3. The highest BCUT2D eigenvalue weighted by atomic mass is 32.1. The number of carbonyl (C=O) groups is 1. The van der Waals surface area contributed by atoms with Crippen LogP contribution in [0.15, 0.2) is 30.3 Å². The number of anilines is 1. The average molecular weight is 290 g/mol. The fourth-order valence-corrected chi connectivity index (χ4v) is 2.40. The average Bonchev–Trinajstić information content (AvgIpc) is 2.88. The van der Waals surface area contributed by atoms with Crippen LogP contribution in [0.4, 0.5) is 5.13 Å². The van der Waals surface area contributed by atoms with E-state index < -0.39 is 5.54 Å². The zero-order chi connectivity index (χ0) is 14.8. The van der Waals surface area contributed by atoms with E-state index in [1.54, 1.807) is 6.92 Å². The topological polar surface area (TPSA) is 80.9 Å². The van der Waals surface area contributed by atoms with Gasteiger partial charge in [0.05, 0.1) is 0 Å². The molecule has 0 saturated heterocycles. The number of carbonyl (C=O) groups excluding carboxylic acids is 1. The lowest BCUT2D eigenvalue weighted by Crippen LogP contribution is -2.45. The molecule has 0 saturated carbocycles. The summed E-state index contributed by atoms with van der Waals surface area (Å²) < 4.78 is 0. The fourth-order valence-electron chi connectivity index (χ4n) is 1.66. The van der Waals surface area contributed by atoms with Crippen LogP contribution in [-0.2, 0) is 10.3 Å². The maximum Gasteiger partial charge on any atom is 0.250 e. The summed E-state index contributed by atoms with van der Waals surface area (Å²) in [5.74, 6) is -0.00769. The molecule has 0 bridgehead atoms. The van der Waals surface area contributed by atoms with Crippen molar-refractivity contribution >= 4 is 22.4 Å². The van der Waals surface area contributed by atoms with Crippen LogP contribution in [0.3, 0.4) is 0 Å². The molecule has 1 aromatic heterocycles. The molecule has 2 rings (SSSR count). The van der Waals surface area contributed by atoms with Crippen LogP contribution in [0.5, 0.6) is 0 Å². The Balaban J connectivity index is 2.14. The molecule has 2 aromatic rings. The monoisotopic (exact) mass is 290 g/mol. The normalized spacial score (nSPS) is 14.1. The fraction of sp³-hybridized carbons (Fsp3) is 0.357. The summed E-state index contributed by atoms with van der Waals surface area (Å²) in [4.78, 5) is 12.3. The minimum atomic E-state index is -1.11. The zero-order valence-corrected chi connectivity index (χ0v) is 12.6. The Labute approximate surface area is 122 Å². The van der Waals surface area contributed by atoms with Gasteiger partial charge in [-0.05, 0) is 12.5 Å². The van der Waals surface area contributed by atoms with Crippen molar-refractivity contribution in [3.63, 3.8) is 0 Å². The third-order valence-electron chi connectivity index (χ3n) is 3.00. The maximum atomic E-state index is 12.3. The number of hydrogen-bond acceptors (Lipinski definition) is 5. The van der Waals surface area contributed by atoms with Crippen LogP contribution >= 0.6 is 11.3 Å². The molecule has 1 aromatic carbocycles. The minimum Gasteiger partial charge on any atom is -0.314 e. The second kappa shape index (κ2) is 5.68. The molecule has 20 heavy (non-hydrogen) atoms. The van der Waals surface area contributed by atoms with Crippen molar-refractivity contribution in [2.24, 2.45) is 5.73 Å². The molecule has 1 heterocycles. The standard InChI is InChI=1S/C14H18N4OS/c1-9(2)11-17-18-13(20-11)16-12(19)14(3,15)10-7-5-4-6-8-10/h4-9H,15H2,1-3H3,(H,16,18,19). The van der Waals surface area contributed by atoms with Gasteiger partial charge in [-0.1, -0.05) is 55.5 Å². The van der Waals surface area contributed by atoms with Crippen LogP contribution < -0.4 is 11.1 Å². The number of benzene rings is 1. The molecule has 0 aliphatic heterocycles. The van der Waals surface area contributed by atoms with Gasteiger partial charge in [0.2, 0.25) is 5.13 Å². The lowest BCUT2D eigenvalue weighted by atomic mass is 9.92. The molecule has 0 spiro atoms. The van der Waals surface area contributed by atoms with Crippen LogP contribution in [0.1, 0.15) is 37.3 Å². The first-order valence-corrected chi connectivity index (χ1v) is 7.22. The number of nitrogens with one attached hydrogen (secondary N) is 1. The number of aromatic nitrogens is 2. The molecule has 0 fully saturated rings. The summed E-state index contributed by atoms with van der Waals surface area (Å²) in [6, 6.07) is 9.26. The molecule has 0 aliphatic rings. The van der Waals surface area contributed by atoms with Crippen LogP contribution in [-0.4, -0.2) is 16.1 Å². The Kier molecular flexibility index (Phi) is 4.15. The SMILES string of the molecule is CC(C)c1nnc(NC(=O)C(C)(N)c2ccccc2)s1. The Bertz CT molecular complexity index is 592. The smallest absolute Gasteiger partial charge is 0.250 e. The van der Waals surface area contributed by atoms with E-state index in [0.717, 1.165) is 10.6 Å². The molecule has 1 atom stereocenters. The summed E-state index contributed by atoms with van der Waals surface area (Å²) in [7, 11) is 0. The molecular weight excluding hydrogens is 272 g/mol. The van der Waals surface area contributed by atoms with Gasteiger partial charge in [0, 0.05) is 5.92 Å². The van der Waals surface area contributed by atoms with E-state index in [9.17, 15) is 4.79 Å². The Morgan fingerprint density at radius 1 is 1.30 bits per heavy atom. The molecule has 1 amide bonds. The summed E-state index contributed by atoms with van der Waals surface area (Å²) in [5, 5.41) is 12.1. The van der Waals surface area contributed by atoms with Gasteiger partial charge in [0.1, 0.15) is 10.5 Å². The minimum absolute atomic E-state index is 0.288. The first-order valence-electron chi connectivity index (χ1n) is 6.40. The lowest BCUT2D eigenvalue weighted by molar-refractivity contribution is -0.120. The quantitative estimate of drug-likeness (QED) is 0.906. The van der Waals surface area contributed by atoms with Gasteiger partial charge >= 0.3 is 0 Å². The molecule has 0 radical (unpaired) electrons. The Morgan fingerprint density at radius 2 is 1.95 bits per heavy atom. The van der Waals surface area contributed by atoms with Crippen molar-refractivity contribution in [2.75, 3.05) is 5.32 Å². The number of hydrogen-bond donors (Lipinski definition) is 2. The highest BCUT2D eigenvalue weighted by Crippen LogP contribution is 2.25. The number of nitrogens with zero attached hydrogens (tertiary/aromatic N) is 2. The Hall–Kier alpha value is -1.79. The highest BCUT2D eigenvalue weighted by Gasteiger charge is 2.31. The molecule has 6 heteroatoms. The second-order valence-corrected chi connectivity index (χ2v) is 6.13. The highest BCUT2D eigenvalue weighted by molar-refractivity contribution is 7.15. The molecule has 1 unspecified atom stereocenters. The van der Waals surface area contributed by atoms with Crippen LogP contribution in [0.2, 0.25) is 0 Å². The van der Waals surface area contributed by atoms with Crippen molar-refractivity contribution < 1.29 is 4.79 Å². The van der Waals surface area contributed by atoms with E-state index in [-0.39, 0.29) is 11.8 Å². The summed E-state index contributed by atoms with van der Waals surface area (Å²) in [6.45, 7) is 5.74. The van der Waals surface area contributed by atoms with Gasteiger partial charge in [-0.3, -0.25) is 10.1 Å². The van der Waals surface area contributed by atoms with E-state index in [1.807, 2.05) is 44.2 Å². The first kappa shape index (κ1) is 14.6. The van der Waals surface area contributed by atoms with Crippen LogP contribution in [0, 0.1) is 0 Å². The molecule has 106 valence electrons. The van der Waals surface area contributed by atoms with Gasteiger partial charge in [0.15, 0.2) is 0 Å². The molecule has 0 aliphatic carbocycles. The van der Waals surface area contributed by atoms with Gasteiger partial charge in [0.25, 0.3) is 5.91 Å². The largest absolute Gasteiger partial charge is 0.314 e. The van der Waals surface area contributed by atoms with Crippen molar-refractivity contribution in [3.8, 4) is 0 Å². The van der Waals surface area contributed by atoms with Gasteiger partial charge in [-0.15, -0.1) is 10.2 Å². The van der Waals surface area contributed by atoms with Crippen molar-refractivity contribution in [2.45, 2.75) is 32.2 Å². The van der Waals surface area contributed by atoms with Crippen molar-refractivity contribution in [1.82, 2.24) is 10.2 Å². The van der Waals surface area contributed by atoms with E-state index in [4.69, 9.17) is 5.73 Å². The number of amides is 1. The van der Waals surface area contributed by atoms with E-state index in [2.05, 4.69) is 15.5 Å². The van der Waals surface area contributed by atoms with Gasteiger partial charge in [-0.2, -0.15) is 0 Å². The number of rotatable bonds is 4. The zero-order valence-electron chi connectivity index (χ0n) is 11.8. The predicted octanol–water partition coefficient (Wildman–Crippen LogP) is 2.47. The van der Waals surface area contributed by atoms with Gasteiger partial charge < -0.3 is 5.73 Å².